The molecule has 1 unspecified atom stereocenters. The van der Waals surface area contributed by atoms with E-state index in [2.05, 4.69) is 5.32 Å². The van der Waals surface area contributed by atoms with Crippen LogP contribution in [0.1, 0.15) is 38.2 Å². The average molecular weight is 294 g/mol. The van der Waals surface area contributed by atoms with Gasteiger partial charge in [-0.3, -0.25) is 0 Å². The van der Waals surface area contributed by atoms with Crippen molar-refractivity contribution in [3.05, 3.63) is 23.8 Å². The summed E-state index contributed by atoms with van der Waals surface area (Å²) in [5.41, 5.74) is 1.96. The van der Waals surface area contributed by atoms with Gasteiger partial charge in [0.15, 0.2) is 0 Å². The molecular formula is C15H22N2O2S. The minimum absolute atomic E-state index is 0.112. The number of rotatable bonds is 2. The van der Waals surface area contributed by atoms with Crippen molar-refractivity contribution in [1.82, 2.24) is 4.31 Å². The van der Waals surface area contributed by atoms with E-state index in [-0.39, 0.29) is 6.04 Å². The van der Waals surface area contributed by atoms with Crippen molar-refractivity contribution < 1.29 is 8.42 Å². The monoisotopic (exact) mass is 294 g/mol. The summed E-state index contributed by atoms with van der Waals surface area (Å²) in [6, 6.07) is 5.70. The quantitative estimate of drug-likeness (QED) is 0.912. The van der Waals surface area contributed by atoms with Crippen molar-refractivity contribution in [3.63, 3.8) is 0 Å². The summed E-state index contributed by atoms with van der Waals surface area (Å²) >= 11 is 0. The average Bonchev–Trinajstić information content (AvgIpc) is 2.47. The van der Waals surface area contributed by atoms with Crippen molar-refractivity contribution >= 4 is 15.7 Å². The first-order valence-electron chi connectivity index (χ1n) is 7.48. The van der Waals surface area contributed by atoms with E-state index in [4.69, 9.17) is 0 Å². The van der Waals surface area contributed by atoms with Crippen LogP contribution in [0.2, 0.25) is 0 Å². The van der Waals surface area contributed by atoms with Gasteiger partial charge in [0.2, 0.25) is 10.0 Å². The number of hydrogen-bond donors (Lipinski definition) is 1. The number of nitrogens with zero attached hydrogens (tertiary/aromatic N) is 1. The second kappa shape index (κ2) is 5.37. The molecule has 2 aliphatic heterocycles. The third-order valence-electron chi connectivity index (χ3n) is 4.38. The van der Waals surface area contributed by atoms with Crippen LogP contribution >= 0.6 is 0 Å². The smallest absolute Gasteiger partial charge is 0.243 e. The first-order valence-corrected chi connectivity index (χ1v) is 8.92. The second-order valence-electron chi connectivity index (χ2n) is 5.77. The van der Waals surface area contributed by atoms with Crippen LogP contribution in [0.25, 0.3) is 0 Å². The van der Waals surface area contributed by atoms with Crippen molar-refractivity contribution in [1.29, 1.82) is 0 Å². The second-order valence-corrected chi connectivity index (χ2v) is 7.63. The largest absolute Gasteiger partial charge is 0.385 e. The van der Waals surface area contributed by atoms with Gasteiger partial charge in [0.1, 0.15) is 0 Å². The Labute approximate surface area is 121 Å². The van der Waals surface area contributed by atoms with Gasteiger partial charge >= 0.3 is 0 Å². The number of hydrogen-bond acceptors (Lipinski definition) is 3. The van der Waals surface area contributed by atoms with E-state index in [0.29, 0.717) is 11.4 Å². The summed E-state index contributed by atoms with van der Waals surface area (Å²) < 4.78 is 27.6. The van der Waals surface area contributed by atoms with E-state index in [9.17, 15) is 8.42 Å². The molecule has 3 rings (SSSR count). The zero-order valence-corrected chi connectivity index (χ0v) is 12.7. The molecule has 110 valence electrons. The molecule has 1 atom stereocenters. The third kappa shape index (κ3) is 2.33. The highest BCUT2D eigenvalue weighted by Crippen LogP contribution is 2.32. The summed E-state index contributed by atoms with van der Waals surface area (Å²) in [5.74, 6) is 0. The zero-order chi connectivity index (χ0) is 14.2. The summed E-state index contributed by atoms with van der Waals surface area (Å²) in [6.45, 7) is 3.60. The van der Waals surface area contributed by atoms with Crippen molar-refractivity contribution in [2.75, 3.05) is 18.4 Å². The van der Waals surface area contributed by atoms with Crippen LogP contribution in [0.5, 0.6) is 0 Å². The molecule has 0 saturated carbocycles. The van der Waals surface area contributed by atoms with Gasteiger partial charge in [0, 0.05) is 24.8 Å². The SMILES string of the molecule is CC1CCCCN1S(=O)(=O)c1cccc2c1CCCN2. The molecule has 2 aliphatic rings. The Balaban J connectivity index is 2.03. The van der Waals surface area contributed by atoms with Crippen LogP contribution in [0, 0.1) is 0 Å². The Morgan fingerprint density at radius 1 is 1.25 bits per heavy atom. The highest BCUT2D eigenvalue weighted by atomic mass is 32.2. The molecular weight excluding hydrogens is 272 g/mol. The van der Waals surface area contributed by atoms with Gasteiger partial charge in [-0.15, -0.1) is 0 Å². The number of fused-ring (bicyclic) bond motifs is 1. The molecule has 1 N–H and O–H groups in total. The van der Waals surface area contributed by atoms with Gasteiger partial charge < -0.3 is 5.32 Å². The number of nitrogens with one attached hydrogen (secondary N) is 1. The van der Waals surface area contributed by atoms with Crippen LogP contribution in [0.15, 0.2) is 23.1 Å². The van der Waals surface area contributed by atoms with Crippen LogP contribution in [0.4, 0.5) is 5.69 Å². The lowest BCUT2D eigenvalue weighted by molar-refractivity contribution is 0.268. The highest BCUT2D eigenvalue weighted by Gasteiger charge is 2.33. The maximum absolute atomic E-state index is 13.0. The first-order chi connectivity index (χ1) is 9.60. The number of anilines is 1. The summed E-state index contributed by atoms with van der Waals surface area (Å²) in [7, 11) is -3.36. The number of benzene rings is 1. The van der Waals surface area contributed by atoms with Crippen LogP contribution < -0.4 is 5.32 Å². The van der Waals surface area contributed by atoms with Crippen LogP contribution in [-0.2, 0) is 16.4 Å². The molecule has 0 amide bonds. The summed E-state index contributed by atoms with van der Waals surface area (Å²) in [6.07, 6.45) is 4.90. The maximum atomic E-state index is 13.0. The number of sulfonamides is 1. The molecule has 0 aliphatic carbocycles. The molecule has 4 nitrogen and oxygen atoms in total. The van der Waals surface area contributed by atoms with Crippen molar-refractivity contribution in [2.24, 2.45) is 0 Å². The van der Waals surface area contributed by atoms with E-state index in [1.807, 2.05) is 19.1 Å². The minimum Gasteiger partial charge on any atom is -0.385 e. The molecule has 1 saturated heterocycles. The lowest BCUT2D eigenvalue weighted by Gasteiger charge is -2.33. The van der Waals surface area contributed by atoms with Crippen LogP contribution in [-0.4, -0.2) is 31.9 Å². The van der Waals surface area contributed by atoms with Gasteiger partial charge in [-0.2, -0.15) is 4.31 Å². The lowest BCUT2D eigenvalue weighted by atomic mass is 10.0. The fraction of sp³-hybridized carbons (Fsp3) is 0.600. The molecule has 1 aromatic carbocycles. The van der Waals surface area contributed by atoms with E-state index in [0.717, 1.165) is 49.9 Å². The lowest BCUT2D eigenvalue weighted by Crippen LogP contribution is -2.42. The van der Waals surface area contributed by atoms with E-state index in [1.54, 1.807) is 10.4 Å². The van der Waals surface area contributed by atoms with Crippen LogP contribution in [0.3, 0.4) is 0 Å². The van der Waals surface area contributed by atoms with Gasteiger partial charge in [0.05, 0.1) is 4.90 Å². The normalized spacial score (nSPS) is 23.9. The van der Waals surface area contributed by atoms with Crippen molar-refractivity contribution in [3.8, 4) is 0 Å². The van der Waals surface area contributed by atoms with Gasteiger partial charge in [-0.25, -0.2) is 8.42 Å². The van der Waals surface area contributed by atoms with Gasteiger partial charge in [-0.1, -0.05) is 12.5 Å². The Hall–Kier alpha value is -1.07. The summed E-state index contributed by atoms with van der Waals surface area (Å²) in [4.78, 5) is 0.510. The minimum atomic E-state index is -3.36. The molecule has 1 fully saturated rings. The standard InChI is InChI=1S/C15H22N2O2S/c1-12-6-2-3-11-17(12)20(18,19)15-9-4-8-14-13(15)7-5-10-16-14/h4,8-9,12,16H,2-3,5-7,10-11H2,1H3. The fourth-order valence-electron chi connectivity index (χ4n) is 3.27. The Morgan fingerprint density at radius 2 is 2.10 bits per heavy atom. The van der Waals surface area contributed by atoms with Gasteiger partial charge in [-0.05, 0) is 50.3 Å². The van der Waals surface area contributed by atoms with E-state index >= 15 is 0 Å². The molecule has 0 spiro atoms. The molecule has 5 heteroatoms. The molecule has 0 bridgehead atoms. The fourth-order valence-corrected chi connectivity index (χ4v) is 5.25. The Bertz CT molecular complexity index is 598. The predicted octanol–water partition coefficient (Wildman–Crippen LogP) is 2.61. The first kappa shape index (κ1) is 13.9. The molecule has 20 heavy (non-hydrogen) atoms. The molecule has 0 radical (unpaired) electrons. The predicted molar refractivity (Wildman–Crippen MR) is 80.5 cm³/mol. The maximum Gasteiger partial charge on any atom is 0.243 e. The molecule has 0 aromatic heterocycles. The molecule has 1 aromatic rings. The van der Waals surface area contributed by atoms with E-state index in [1.165, 1.54) is 0 Å². The Kier molecular flexibility index (Phi) is 3.73. The highest BCUT2D eigenvalue weighted by molar-refractivity contribution is 7.89. The van der Waals surface area contributed by atoms with E-state index < -0.39 is 10.0 Å². The zero-order valence-electron chi connectivity index (χ0n) is 11.9. The summed E-state index contributed by atoms with van der Waals surface area (Å²) in [5, 5.41) is 3.31. The molecule has 2 heterocycles. The number of piperidine rings is 1. The third-order valence-corrected chi connectivity index (χ3v) is 6.48. The van der Waals surface area contributed by atoms with Crippen molar-refractivity contribution in [2.45, 2.75) is 50.0 Å². The Morgan fingerprint density at radius 3 is 2.90 bits per heavy atom. The van der Waals surface area contributed by atoms with Gasteiger partial charge in [0.25, 0.3) is 0 Å². The topological polar surface area (TPSA) is 49.4 Å².